The second-order valence-electron chi connectivity index (χ2n) is 19.9. The smallest absolute Gasteiger partial charge is 0.397 e. The van der Waals surface area contributed by atoms with Gasteiger partial charge in [-0.25, -0.2) is 4.18 Å². The van der Waals surface area contributed by atoms with Crippen LogP contribution in [0.5, 0.6) is 0 Å². The van der Waals surface area contributed by atoms with E-state index in [0.717, 1.165) is 38.5 Å². The molecule has 4 N–H and O–H groups in total. The van der Waals surface area contributed by atoms with E-state index in [2.05, 4.69) is 18.0 Å². The van der Waals surface area contributed by atoms with Gasteiger partial charge in [0.25, 0.3) is 0 Å². The Morgan fingerprint density at radius 1 is 0.507 bits per heavy atom. The molecule has 6 unspecified atom stereocenters. The average molecular weight is 979 g/mol. The van der Waals surface area contributed by atoms with Crippen molar-refractivity contribution in [2.75, 3.05) is 26.4 Å². The molecule has 0 saturated carbocycles. The van der Waals surface area contributed by atoms with Crippen LogP contribution in [0.15, 0.2) is 0 Å². The number of hydrogen-bond donors (Lipinski definition) is 4. The van der Waals surface area contributed by atoms with Crippen molar-refractivity contribution in [2.45, 2.75) is 314 Å². The molecule has 1 rings (SSSR count). The first-order valence-corrected chi connectivity index (χ1v) is 29.7. The highest BCUT2D eigenvalue weighted by Gasteiger charge is 2.48. The minimum atomic E-state index is -5.06. The van der Waals surface area contributed by atoms with Gasteiger partial charge in [0.15, 0.2) is 6.29 Å². The fraction of sp³-hybridized carbons (Fsp3) is 0.981. The minimum absolute atomic E-state index is 0.0454. The number of esters is 1. The Kier molecular flexibility index (Phi) is 44.2. The third kappa shape index (κ3) is 39.4. The normalized spacial score (nSPS) is 19.3. The van der Waals surface area contributed by atoms with Crippen LogP contribution in [0.25, 0.3) is 0 Å². The summed E-state index contributed by atoms with van der Waals surface area (Å²) in [5.74, 6) is -0.389. The van der Waals surface area contributed by atoms with E-state index in [-0.39, 0.29) is 25.6 Å². The van der Waals surface area contributed by atoms with Gasteiger partial charge >= 0.3 is 16.4 Å². The number of hydrogen-bond acceptors (Lipinski definition) is 11. The standard InChI is InChI=1S/C54H106O12S/c1-3-5-7-9-11-13-15-17-19-21-22-23-24-25-26-27-28-29-31-33-35-37-39-41-43-50(56)64-48(47-63-54-52(58)53(66-67(59,60)61)51(57)49(45-55)65-54)46-62-44-42-40-38-36-34-32-30-20-18-16-14-12-10-8-6-4-2/h48-49,51-55,57-58H,3-47H2,1-2H3,(H,59,60,61). The van der Waals surface area contributed by atoms with E-state index < -0.39 is 53.8 Å². The molecule has 0 aliphatic carbocycles. The topological polar surface area (TPSA) is 178 Å². The molecule has 0 radical (unpaired) electrons. The Morgan fingerprint density at radius 3 is 1.19 bits per heavy atom. The molecule has 0 aromatic heterocycles. The maximum atomic E-state index is 12.9. The quantitative estimate of drug-likeness (QED) is 0.0258. The number of aliphatic hydroxyl groups excluding tert-OH is 3. The molecule has 1 aliphatic heterocycles. The Balaban J connectivity index is 2.27. The highest BCUT2D eigenvalue weighted by molar-refractivity contribution is 7.80. The van der Waals surface area contributed by atoms with Gasteiger partial charge in [0.1, 0.15) is 30.5 Å². The fourth-order valence-electron chi connectivity index (χ4n) is 9.21. The molecule has 1 heterocycles. The number of ether oxygens (including phenoxy) is 4. The zero-order valence-electron chi connectivity index (χ0n) is 43.2. The molecule has 0 aromatic rings. The van der Waals surface area contributed by atoms with E-state index in [1.165, 1.54) is 212 Å². The van der Waals surface area contributed by atoms with Crippen LogP contribution in [0.2, 0.25) is 0 Å². The molecule has 1 fully saturated rings. The largest absolute Gasteiger partial charge is 0.457 e. The zero-order valence-corrected chi connectivity index (χ0v) is 44.1. The molecular formula is C54H106O12S. The van der Waals surface area contributed by atoms with Crippen molar-refractivity contribution in [2.24, 2.45) is 0 Å². The van der Waals surface area contributed by atoms with E-state index in [0.29, 0.717) is 13.0 Å². The van der Waals surface area contributed by atoms with E-state index in [9.17, 15) is 33.1 Å². The van der Waals surface area contributed by atoms with Gasteiger partial charge in [0.2, 0.25) is 0 Å². The lowest BCUT2D eigenvalue weighted by atomic mass is 9.99. The third-order valence-corrected chi connectivity index (χ3v) is 13.9. The van der Waals surface area contributed by atoms with Gasteiger partial charge in [0.05, 0.1) is 19.8 Å². The molecule has 0 aromatic carbocycles. The molecule has 0 amide bonds. The lowest BCUT2D eigenvalue weighted by Crippen LogP contribution is -2.60. The highest BCUT2D eigenvalue weighted by atomic mass is 32.3. The lowest BCUT2D eigenvalue weighted by Gasteiger charge is -2.41. The number of carbonyl (C=O) groups is 1. The number of carbonyl (C=O) groups excluding carboxylic acids is 1. The molecule has 1 saturated heterocycles. The van der Waals surface area contributed by atoms with Crippen LogP contribution in [-0.2, 0) is 38.3 Å². The van der Waals surface area contributed by atoms with Crippen molar-refractivity contribution >= 4 is 16.4 Å². The van der Waals surface area contributed by atoms with Crippen LogP contribution >= 0.6 is 0 Å². The van der Waals surface area contributed by atoms with Crippen LogP contribution in [0.4, 0.5) is 0 Å². The van der Waals surface area contributed by atoms with Crippen molar-refractivity contribution in [3.63, 3.8) is 0 Å². The van der Waals surface area contributed by atoms with Gasteiger partial charge in [-0.1, -0.05) is 258 Å². The van der Waals surface area contributed by atoms with Crippen LogP contribution in [0.3, 0.4) is 0 Å². The molecule has 0 spiro atoms. The van der Waals surface area contributed by atoms with Crippen LogP contribution < -0.4 is 0 Å². The summed E-state index contributed by atoms with van der Waals surface area (Å²) >= 11 is 0. The van der Waals surface area contributed by atoms with E-state index in [4.69, 9.17) is 18.9 Å². The van der Waals surface area contributed by atoms with Crippen molar-refractivity contribution in [1.29, 1.82) is 0 Å². The number of rotatable bonds is 51. The van der Waals surface area contributed by atoms with Crippen LogP contribution in [0, 0.1) is 0 Å². The summed E-state index contributed by atoms with van der Waals surface area (Å²) in [6, 6.07) is 0. The van der Waals surface area contributed by atoms with Gasteiger partial charge < -0.3 is 34.3 Å². The average Bonchev–Trinajstić information content (AvgIpc) is 3.30. The summed E-state index contributed by atoms with van der Waals surface area (Å²) < 4.78 is 59.4. The maximum Gasteiger partial charge on any atom is 0.397 e. The predicted molar refractivity (Wildman–Crippen MR) is 271 cm³/mol. The van der Waals surface area contributed by atoms with Crippen molar-refractivity contribution < 1.29 is 56.2 Å². The second-order valence-corrected chi connectivity index (χ2v) is 20.9. The van der Waals surface area contributed by atoms with Gasteiger partial charge in [-0.2, -0.15) is 8.42 Å². The fourth-order valence-corrected chi connectivity index (χ4v) is 9.72. The van der Waals surface area contributed by atoms with Crippen LogP contribution in [-0.4, -0.2) is 97.5 Å². The minimum Gasteiger partial charge on any atom is -0.457 e. The molecule has 400 valence electrons. The van der Waals surface area contributed by atoms with Gasteiger partial charge in [-0.15, -0.1) is 0 Å². The Labute approximate surface area is 411 Å². The van der Waals surface area contributed by atoms with E-state index in [1.54, 1.807) is 0 Å². The Bertz CT molecular complexity index is 1180. The molecular weight excluding hydrogens is 873 g/mol. The van der Waals surface area contributed by atoms with E-state index in [1.807, 2.05) is 0 Å². The summed E-state index contributed by atoms with van der Waals surface area (Å²) in [4.78, 5) is 12.9. The predicted octanol–water partition coefficient (Wildman–Crippen LogP) is 13.6. The molecule has 0 bridgehead atoms. The highest BCUT2D eigenvalue weighted by Crippen LogP contribution is 2.26. The molecule has 1 aliphatic rings. The van der Waals surface area contributed by atoms with E-state index >= 15 is 0 Å². The van der Waals surface area contributed by atoms with Crippen molar-refractivity contribution in [3.8, 4) is 0 Å². The third-order valence-electron chi connectivity index (χ3n) is 13.5. The summed E-state index contributed by atoms with van der Waals surface area (Å²) in [7, 11) is -5.06. The lowest BCUT2D eigenvalue weighted by molar-refractivity contribution is -0.301. The first-order chi connectivity index (χ1) is 32.6. The maximum absolute atomic E-state index is 12.9. The summed E-state index contributed by atoms with van der Waals surface area (Å²) in [6.45, 7) is 4.07. The molecule has 67 heavy (non-hydrogen) atoms. The number of unbranched alkanes of at least 4 members (excludes halogenated alkanes) is 38. The summed E-state index contributed by atoms with van der Waals surface area (Å²) in [5, 5.41) is 30.8. The summed E-state index contributed by atoms with van der Waals surface area (Å²) in [6.07, 6.45) is 42.9. The number of aliphatic hydroxyl groups is 3. The molecule has 12 nitrogen and oxygen atoms in total. The van der Waals surface area contributed by atoms with Crippen molar-refractivity contribution in [3.05, 3.63) is 0 Å². The van der Waals surface area contributed by atoms with Crippen molar-refractivity contribution in [1.82, 2.24) is 0 Å². The zero-order chi connectivity index (χ0) is 48.9. The van der Waals surface area contributed by atoms with Gasteiger partial charge in [-0.05, 0) is 12.8 Å². The first-order valence-electron chi connectivity index (χ1n) is 28.3. The molecule has 6 atom stereocenters. The SMILES string of the molecule is CCCCCCCCCCCCCCCCCCCCCCCCCCC(=O)OC(COCCCCCCCCCCCCCCCCCC)COC1OC(CO)C(O)C(OS(=O)(=O)O)C1O. The first kappa shape index (κ1) is 64.1. The van der Waals surface area contributed by atoms with Gasteiger partial charge in [-0.3, -0.25) is 9.35 Å². The van der Waals surface area contributed by atoms with Gasteiger partial charge in [0, 0.05) is 13.0 Å². The Hall–Kier alpha value is -0.900. The van der Waals surface area contributed by atoms with Crippen LogP contribution in [0.1, 0.15) is 277 Å². The summed E-state index contributed by atoms with van der Waals surface area (Å²) in [5.41, 5.74) is 0. The monoisotopic (exact) mass is 979 g/mol. The molecule has 13 heteroatoms. The Morgan fingerprint density at radius 2 is 0.851 bits per heavy atom. The second kappa shape index (κ2) is 46.2.